The molecule has 8 aromatic carbocycles. The molecule has 0 saturated carbocycles. The van der Waals surface area contributed by atoms with Crippen molar-refractivity contribution in [2.45, 2.75) is 13.8 Å². The van der Waals surface area contributed by atoms with E-state index in [0.717, 1.165) is 67.4 Å². The van der Waals surface area contributed by atoms with E-state index in [1.165, 1.54) is 55.1 Å². The summed E-state index contributed by atoms with van der Waals surface area (Å²) in [6.07, 6.45) is 0. The minimum Gasteiger partial charge on any atom is -0.456 e. The monoisotopic (exact) mass is 717 g/mol. The van der Waals surface area contributed by atoms with Crippen molar-refractivity contribution in [1.82, 2.24) is 4.57 Å². The van der Waals surface area contributed by atoms with Gasteiger partial charge in [-0.1, -0.05) is 96.1 Å². The Morgan fingerprint density at radius 2 is 1.20 bits per heavy atom. The van der Waals surface area contributed by atoms with Crippen molar-refractivity contribution in [2.75, 3.05) is 9.71 Å². The number of nitrogens with zero attached hydrogens (tertiary/aromatic N) is 3. The molecule has 0 amide bonds. The van der Waals surface area contributed by atoms with Crippen LogP contribution in [0.2, 0.25) is 0 Å². The van der Waals surface area contributed by atoms with Crippen molar-refractivity contribution in [3.63, 3.8) is 0 Å². The summed E-state index contributed by atoms with van der Waals surface area (Å²) >= 11 is 0. The first kappa shape index (κ1) is 30.2. The van der Waals surface area contributed by atoms with E-state index in [9.17, 15) is 0 Å². The topological polar surface area (TPSA) is 33.8 Å². The number of anilines is 5. The van der Waals surface area contributed by atoms with Gasteiger partial charge in [-0.25, -0.2) is 0 Å². The summed E-state index contributed by atoms with van der Waals surface area (Å²) in [4.78, 5) is 5.02. The van der Waals surface area contributed by atoms with Gasteiger partial charge in [-0.3, -0.25) is 0 Å². The number of hydrogen-bond donors (Lipinski definition) is 0. The number of para-hydroxylation sites is 6. The Bertz CT molecular complexity index is 3300. The average Bonchev–Trinajstić information content (AvgIpc) is 3.78. The molecule has 0 N–H and O–H groups in total. The lowest BCUT2D eigenvalue weighted by Crippen LogP contribution is -2.60. The molecule has 5 nitrogen and oxygen atoms in total. The largest absolute Gasteiger partial charge is 0.456 e. The van der Waals surface area contributed by atoms with Crippen molar-refractivity contribution in [1.29, 1.82) is 0 Å². The molecule has 3 aliphatic rings. The maximum absolute atomic E-state index is 6.65. The number of fused-ring (bicyclic) bond motifs is 13. The van der Waals surface area contributed by atoms with Crippen LogP contribution < -0.4 is 25.4 Å². The Morgan fingerprint density at radius 3 is 2.00 bits per heavy atom. The second kappa shape index (κ2) is 10.7. The van der Waals surface area contributed by atoms with Crippen molar-refractivity contribution < 1.29 is 9.15 Å². The van der Waals surface area contributed by atoms with Gasteiger partial charge in [0.1, 0.15) is 11.2 Å². The SMILES string of the molecule is Cc1ccc(N2B3c4cc(C)ccc4-n4c5ccccc5c5c(N6c7ccccc7Oc7ccccc76)cc(c3c54)-c3cc4oc5ccccc5c4cc32)cc1. The van der Waals surface area contributed by atoms with Gasteiger partial charge in [0.05, 0.1) is 28.1 Å². The number of hydrogen-bond acceptors (Lipinski definition) is 4. The molecule has 0 aliphatic carbocycles. The van der Waals surface area contributed by atoms with Gasteiger partial charge in [0, 0.05) is 44.2 Å². The third-order valence-corrected chi connectivity index (χ3v) is 12.2. The molecule has 0 spiro atoms. The van der Waals surface area contributed by atoms with Gasteiger partial charge < -0.3 is 23.4 Å². The number of rotatable bonds is 2. The highest BCUT2D eigenvalue weighted by Crippen LogP contribution is 2.55. The van der Waals surface area contributed by atoms with E-state index in [2.05, 4.69) is 186 Å². The molecule has 0 radical (unpaired) electrons. The van der Waals surface area contributed by atoms with E-state index in [4.69, 9.17) is 9.15 Å². The van der Waals surface area contributed by atoms with Gasteiger partial charge in [-0.15, -0.1) is 0 Å². The fraction of sp³-hybridized carbons (Fsp3) is 0.0400. The molecule has 0 fully saturated rings. The average molecular weight is 718 g/mol. The summed E-state index contributed by atoms with van der Waals surface area (Å²) in [5, 5.41) is 4.68. The Kier molecular flexibility index (Phi) is 5.79. The summed E-state index contributed by atoms with van der Waals surface area (Å²) in [5.74, 6) is 1.67. The van der Waals surface area contributed by atoms with Crippen LogP contribution in [0.15, 0.2) is 162 Å². The zero-order valence-corrected chi connectivity index (χ0v) is 30.7. The van der Waals surface area contributed by atoms with Crippen LogP contribution in [0.1, 0.15) is 11.1 Å². The van der Waals surface area contributed by atoms with E-state index < -0.39 is 0 Å². The van der Waals surface area contributed by atoms with Crippen LogP contribution in [-0.4, -0.2) is 11.4 Å². The number of aromatic nitrogens is 1. The van der Waals surface area contributed by atoms with Crippen molar-refractivity contribution in [3.05, 3.63) is 169 Å². The lowest BCUT2D eigenvalue weighted by atomic mass is 9.43. The normalized spacial score (nSPS) is 13.6. The quantitative estimate of drug-likeness (QED) is 0.167. The van der Waals surface area contributed by atoms with Crippen LogP contribution in [0.4, 0.5) is 28.4 Å². The molecular formula is C50H32BN3O2. The lowest BCUT2D eigenvalue weighted by Gasteiger charge is -2.43. The van der Waals surface area contributed by atoms with E-state index in [1.807, 2.05) is 0 Å². The number of benzene rings is 8. The number of furan rings is 1. The van der Waals surface area contributed by atoms with E-state index in [0.29, 0.717) is 0 Å². The Morgan fingerprint density at radius 1 is 0.500 bits per heavy atom. The van der Waals surface area contributed by atoms with Crippen LogP contribution in [0, 0.1) is 13.8 Å². The highest BCUT2D eigenvalue weighted by atomic mass is 16.5. The maximum Gasteiger partial charge on any atom is 0.333 e. The first-order valence-corrected chi connectivity index (χ1v) is 19.3. The van der Waals surface area contributed by atoms with Gasteiger partial charge in [0.2, 0.25) is 0 Å². The van der Waals surface area contributed by atoms with Crippen molar-refractivity contribution >= 4 is 90.0 Å². The molecule has 6 heteroatoms. The number of ether oxygens (including phenoxy) is 1. The Balaban J connectivity index is 1.25. The molecular weight excluding hydrogens is 685 g/mol. The van der Waals surface area contributed by atoms with Crippen LogP contribution >= 0.6 is 0 Å². The molecule has 10 aromatic rings. The fourth-order valence-corrected chi connectivity index (χ4v) is 9.89. The van der Waals surface area contributed by atoms with Crippen LogP contribution in [0.25, 0.3) is 60.6 Å². The Labute approximate surface area is 323 Å². The molecule has 2 aromatic heterocycles. The summed E-state index contributed by atoms with van der Waals surface area (Å²) in [6.45, 7) is 4.28. The van der Waals surface area contributed by atoms with Crippen LogP contribution in [-0.2, 0) is 0 Å². The van der Waals surface area contributed by atoms with Crippen LogP contribution in [0.3, 0.4) is 0 Å². The third kappa shape index (κ3) is 3.85. The molecule has 0 atom stereocenters. The summed E-state index contributed by atoms with van der Waals surface area (Å²) < 4.78 is 15.8. The fourth-order valence-electron chi connectivity index (χ4n) is 9.89. The molecule has 0 bridgehead atoms. The zero-order chi connectivity index (χ0) is 36.8. The van der Waals surface area contributed by atoms with E-state index >= 15 is 0 Å². The van der Waals surface area contributed by atoms with Gasteiger partial charge in [-0.05, 0) is 103 Å². The minimum absolute atomic E-state index is 0.0941. The molecule has 5 heterocycles. The molecule has 0 saturated heterocycles. The summed E-state index contributed by atoms with van der Waals surface area (Å²) in [6, 6.07) is 57.3. The summed E-state index contributed by atoms with van der Waals surface area (Å²) in [5.41, 5.74) is 18.3. The van der Waals surface area contributed by atoms with Gasteiger partial charge in [-0.2, -0.15) is 0 Å². The molecule has 0 unspecified atom stereocenters. The Hall–Kier alpha value is -7.18. The highest BCUT2D eigenvalue weighted by Gasteiger charge is 2.45. The van der Waals surface area contributed by atoms with E-state index in [1.54, 1.807) is 0 Å². The predicted molar refractivity (Wildman–Crippen MR) is 231 cm³/mol. The zero-order valence-electron chi connectivity index (χ0n) is 30.7. The van der Waals surface area contributed by atoms with Gasteiger partial charge in [0.25, 0.3) is 0 Å². The van der Waals surface area contributed by atoms with Crippen LogP contribution in [0.5, 0.6) is 11.5 Å². The first-order valence-electron chi connectivity index (χ1n) is 19.3. The standard InChI is InChI=1S/C50H32BN3O2/c1-29-19-22-31(23-20-29)54-42-26-35-32-11-4-8-16-44(32)55-47(35)28-34(42)36-27-43(52-40-14-6-9-17-45(40)56-46-18-10-7-15-41(46)52)48-33-12-3-5-13-38(33)53-39-24-21-30(2)25-37(39)51(54)49(36)50(48)53/h3-28H,1-2H3. The lowest BCUT2D eigenvalue weighted by molar-refractivity contribution is 0.477. The third-order valence-electron chi connectivity index (χ3n) is 12.2. The molecule has 262 valence electrons. The molecule has 56 heavy (non-hydrogen) atoms. The predicted octanol–water partition coefficient (Wildman–Crippen LogP) is 12.1. The van der Waals surface area contributed by atoms with Gasteiger partial charge >= 0.3 is 6.85 Å². The van der Waals surface area contributed by atoms with E-state index in [-0.39, 0.29) is 6.85 Å². The first-order chi connectivity index (χ1) is 27.6. The molecule has 13 rings (SSSR count). The number of aryl methyl sites for hydroxylation is 2. The van der Waals surface area contributed by atoms with Crippen molar-refractivity contribution in [3.8, 4) is 28.3 Å². The van der Waals surface area contributed by atoms with Crippen molar-refractivity contribution in [2.24, 2.45) is 0 Å². The summed E-state index contributed by atoms with van der Waals surface area (Å²) in [7, 11) is 0. The molecule has 3 aliphatic heterocycles. The minimum atomic E-state index is -0.0941. The maximum atomic E-state index is 6.65. The highest BCUT2D eigenvalue weighted by molar-refractivity contribution is 6.93. The second-order valence-corrected chi connectivity index (χ2v) is 15.4. The second-order valence-electron chi connectivity index (χ2n) is 15.4. The smallest absolute Gasteiger partial charge is 0.333 e. The van der Waals surface area contributed by atoms with Gasteiger partial charge in [0.15, 0.2) is 11.5 Å².